The molecule has 1 N–H and O–H groups in total. The molecule has 7 heteroatoms. The molecule has 110 valence electrons. The first kappa shape index (κ1) is 15.2. The number of halogens is 3. The van der Waals surface area contributed by atoms with Gasteiger partial charge < -0.3 is 10.1 Å². The number of para-hydroxylation sites is 2. The van der Waals surface area contributed by atoms with Crippen LogP contribution in [0.2, 0.25) is 0 Å². The Morgan fingerprint density at radius 2 is 1.90 bits per heavy atom. The van der Waals surface area contributed by atoms with Crippen LogP contribution in [0.4, 0.5) is 18.9 Å². The smallest absolute Gasteiger partial charge is 0.387 e. The number of benzene rings is 2. The molecule has 2 aromatic rings. The van der Waals surface area contributed by atoms with E-state index in [2.05, 4.69) is 22.7 Å². The molecule has 1 amide bonds. The molecule has 2 aromatic carbocycles. The van der Waals surface area contributed by atoms with Crippen molar-refractivity contribution in [3.63, 3.8) is 0 Å². The number of amides is 1. The molecule has 21 heavy (non-hydrogen) atoms. The van der Waals surface area contributed by atoms with Gasteiger partial charge >= 0.3 is 6.61 Å². The number of anilines is 1. The van der Waals surface area contributed by atoms with Crippen LogP contribution in [-0.2, 0) is 0 Å². The maximum atomic E-state index is 13.6. The molecule has 0 heterocycles. The van der Waals surface area contributed by atoms with E-state index in [0.29, 0.717) is 4.90 Å². The van der Waals surface area contributed by atoms with E-state index in [1.165, 1.54) is 36.4 Å². The Labute approximate surface area is 124 Å². The lowest BCUT2D eigenvalue weighted by Gasteiger charge is -2.12. The first-order chi connectivity index (χ1) is 9.97. The largest absolute Gasteiger partial charge is 0.433 e. The molecule has 2 rings (SSSR count). The lowest BCUT2D eigenvalue weighted by molar-refractivity contribution is -0.0493. The summed E-state index contributed by atoms with van der Waals surface area (Å²) in [6.45, 7) is -3.03. The first-order valence-electron chi connectivity index (χ1n) is 5.81. The number of carbonyl (C=O) groups excluding carboxylic acids is 1. The fourth-order valence-electron chi connectivity index (χ4n) is 1.65. The van der Waals surface area contributed by atoms with Gasteiger partial charge in [-0.25, -0.2) is 4.39 Å². The Kier molecular flexibility index (Phi) is 4.74. The monoisotopic (exact) mass is 313 g/mol. The van der Waals surface area contributed by atoms with Crippen LogP contribution in [0.3, 0.4) is 0 Å². The molecule has 0 atom stereocenters. The molecule has 0 aromatic heterocycles. The Balaban J connectivity index is 2.25. The van der Waals surface area contributed by atoms with Gasteiger partial charge in [-0.05, 0) is 30.3 Å². The highest BCUT2D eigenvalue weighted by atomic mass is 32.1. The second-order valence-electron chi connectivity index (χ2n) is 3.99. The van der Waals surface area contributed by atoms with E-state index in [1.807, 2.05) is 0 Å². The van der Waals surface area contributed by atoms with Gasteiger partial charge in [0.1, 0.15) is 11.6 Å². The van der Waals surface area contributed by atoms with Crippen molar-refractivity contribution in [1.29, 1.82) is 0 Å². The third kappa shape index (κ3) is 3.91. The van der Waals surface area contributed by atoms with Crippen LogP contribution >= 0.6 is 12.6 Å². The van der Waals surface area contributed by atoms with Crippen LogP contribution in [0.25, 0.3) is 0 Å². The number of thiol groups is 1. The average Bonchev–Trinajstić information content (AvgIpc) is 2.43. The van der Waals surface area contributed by atoms with Gasteiger partial charge in [-0.1, -0.05) is 12.1 Å². The van der Waals surface area contributed by atoms with Gasteiger partial charge in [0.2, 0.25) is 0 Å². The van der Waals surface area contributed by atoms with Gasteiger partial charge in [-0.3, -0.25) is 4.79 Å². The minimum atomic E-state index is -3.03. The summed E-state index contributed by atoms with van der Waals surface area (Å²) in [5.74, 6) is -1.73. The van der Waals surface area contributed by atoms with Crippen molar-refractivity contribution in [3.8, 4) is 5.75 Å². The van der Waals surface area contributed by atoms with Crippen molar-refractivity contribution in [3.05, 3.63) is 53.8 Å². The molecule has 0 saturated heterocycles. The van der Waals surface area contributed by atoms with E-state index in [4.69, 9.17) is 0 Å². The Bertz CT molecular complexity index is 664. The van der Waals surface area contributed by atoms with Crippen molar-refractivity contribution in [2.24, 2.45) is 0 Å². The van der Waals surface area contributed by atoms with Gasteiger partial charge in [0.25, 0.3) is 5.91 Å². The summed E-state index contributed by atoms with van der Waals surface area (Å²) < 4.78 is 42.4. The maximum Gasteiger partial charge on any atom is 0.387 e. The molecular weight excluding hydrogens is 303 g/mol. The van der Waals surface area contributed by atoms with Crippen LogP contribution in [0.15, 0.2) is 47.4 Å². The predicted molar refractivity (Wildman–Crippen MR) is 74.7 cm³/mol. The molecule has 0 radical (unpaired) electrons. The third-order valence-electron chi connectivity index (χ3n) is 2.55. The van der Waals surface area contributed by atoms with Gasteiger partial charge in [0, 0.05) is 4.90 Å². The average molecular weight is 313 g/mol. The minimum Gasteiger partial charge on any atom is -0.433 e. The highest BCUT2D eigenvalue weighted by Crippen LogP contribution is 2.26. The Morgan fingerprint density at radius 1 is 1.19 bits per heavy atom. The van der Waals surface area contributed by atoms with Crippen molar-refractivity contribution in [2.45, 2.75) is 11.5 Å². The number of hydrogen-bond acceptors (Lipinski definition) is 3. The lowest BCUT2D eigenvalue weighted by atomic mass is 10.2. The van der Waals surface area contributed by atoms with Gasteiger partial charge in [0.05, 0.1) is 11.3 Å². The second-order valence-corrected chi connectivity index (χ2v) is 4.51. The van der Waals surface area contributed by atoms with Crippen molar-refractivity contribution < 1.29 is 22.7 Å². The summed E-state index contributed by atoms with van der Waals surface area (Å²) in [6, 6.07) is 9.37. The van der Waals surface area contributed by atoms with E-state index in [9.17, 15) is 18.0 Å². The van der Waals surface area contributed by atoms with Crippen LogP contribution in [0, 0.1) is 5.82 Å². The van der Waals surface area contributed by atoms with E-state index in [0.717, 1.165) is 6.07 Å². The summed E-state index contributed by atoms with van der Waals surface area (Å²) in [4.78, 5) is 12.4. The van der Waals surface area contributed by atoms with E-state index >= 15 is 0 Å². The topological polar surface area (TPSA) is 38.3 Å². The van der Waals surface area contributed by atoms with Crippen molar-refractivity contribution in [2.75, 3.05) is 5.32 Å². The van der Waals surface area contributed by atoms with Crippen LogP contribution in [0.5, 0.6) is 5.75 Å². The standard InChI is InChI=1S/C14H10F3NO2S/c15-10-6-5-8(21)7-9(10)13(19)18-11-3-1-2-4-12(11)20-14(16)17/h1-7,14,21H,(H,18,19). The van der Waals surface area contributed by atoms with Crippen LogP contribution < -0.4 is 10.1 Å². The molecule has 0 aliphatic rings. The molecule has 0 unspecified atom stereocenters. The normalized spacial score (nSPS) is 10.5. The SMILES string of the molecule is O=C(Nc1ccccc1OC(F)F)c1cc(S)ccc1F. The lowest BCUT2D eigenvalue weighted by Crippen LogP contribution is -2.15. The molecule has 0 aliphatic heterocycles. The summed E-state index contributed by atoms with van der Waals surface area (Å²) in [5.41, 5.74) is -0.221. The fraction of sp³-hybridized carbons (Fsp3) is 0.0714. The summed E-state index contributed by atoms with van der Waals surface area (Å²) in [6.07, 6.45) is 0. The van der Waals surface area contributed by atoms with E-state index < -0.39 is 18.3 Å². The van der Waals surface area contributed by atoms with Crippen molar-refractivity contribution >= 4 is 24.2 Å². The van der Waals surface area contributed by atoms with Crippen LogP contribution in [-0.4, -0.2) is 12.5 Å². The highest BCUT2D eigenvalue weighted by Gasteiger charge is 2.15. The number of nitrogens with one attached hydrogen (secondary N) is 1. The van der Waals surface area contributed by atoms with E-state index in [-0.39, 0.29) is 17.0 Å². The van der Waals surface area contributed by atoms with Gasteiger partial charge in [0.15, 0.2) is 0 Å². The minimum absolute atomic E-state index is 0.0202. The zero-order valence-corrected chi connectivity index (χ0v) is 11.4. The van der Waals surface area contributed by atoms with Crippen LogP contribution in [0.1, 0.15) is 10.4 Å². The van der Waals surface area contributed by atoms with Gasteiger partial charge in [-0.2, -0.15) is 8.78 Å². The molecule has 0 aliphatic carbocycles. The van der Waals surface area contributed by atoms with Gasteiger partial charge in [-0.15, -0.1) is 12.6 Å². The number of carbonyl (C=O) groups is 1. The quantitative estimate of drug-likeness (QED) is 0.838. The molecule has 0 fully saturated rings. The second kappa shape index (κ2) is 6.53. The molecular formula is C14H10F3NO2S. The summed E-state index contributed by atoms with van der Waals surface area (Å²) >= 11 is 4.02. The van der Waals surface area contributed by atoms with Crippen molar-refractivity contribution in [1.82, 2.24) is 0 Å². The van der Waals surface area contributed by atoms with E-state index in [1.54, 1.807) is 0 Å². The molecule has 0 spiro atoms. The molecule has 3 nitrogen and oxygen atoms in total. The first-order valence-corrected chi connectivity index (χ1v) is 6.26. The third-order valence-corrected chi connectivity index (χ3v) is 2.82. The zero-order valence-electron chi connectivity index (χ0n) is 10.5. The molecule has 0 bridgehead atoms. The fourth-order valence-corrected chi connectivity index (χ4v) is 1.85. The number of hydrogen-bond donors (Lipinski definition) is 2. The highest BCUT2D eigenvalue weighted by molar-refractivity contribution is 7.80. The number of rotatable bonds is 4. The summed E-state index contributed by atoms with van der Waals surface area (Å²) in [7, 11) is 0. The Hall–Kier alpha value is -2.15. The predicted octanol–water partition coefficient (Wildman–Crippen LogP) is 3.97. The summed E-state index contributed by atoms with van der Waals surface area (Å²) in [5, 5.41) is 2.33. The number of ether oxygens (including phenoxy) is 1. The zero-order chi connectivity index (χ0) is 15.4. The maximum absolute atomic E-state index is 13.6. The molecule has 0 saturated carbocycles. The number of alkyl halides is 2. The Morgan fingerprint density at radius 3 is 2.62 bits per heavy atom.